The average molecular weight is 432 g/mol. The van der Waals surface area contributed by atoms with Gasteiger partial charge in [0, 0.05) is 28.4 Å². The van der Waals surface area contributed by atoms with Crippen LogP contribution >= 0.6 is 0 Å². The van der Waals surface area contributed by atoms with Crippen LogP contribution in [-0.2, 0) is 5.54 Å². The molecule has 2 unspecified atom stereocenters. The number of benzene rings is 2. The number of aliphatic hydroxyl groups is 2. The lowest BCUT2D eigenvalue weighted by atomic mass is 9.62. The molecule has 0 saturated heterocycles. The van der Waals surface area contributed by atoms with Crippen molar-refractivity contribution in [2.24, 2.45) is 0 Å². The van der Waals surface area contributed by atoms with Gasteiger partial charge in [0.05, 0.1) is 29.0 Å². The molecule has 1 saturated carbocycles. The third-order valence-electron chi connectivity index (χ3n) is 6.74. The largest absolute Gasteiger partial charge is 0.392 e. The van der Waals surface area contributed by atoms with Gasteiger partial charge in [0.2, 0.25) is 0 Å². The fraction of sp³-hybridized carbons (Fsp3) is 0.346. The smallest absolute Gasteiger partial charge is 0.271 e. The fourth-order valence-electron chi connectivity index (χ4n) is 5.17. The molecule has 32 heavy (non-hydrogen) atoms. The second kappa shape index (κ2) is 7.22. The summed E-state index contributed by atoms with van der Waals surface area (Å²) < 4.78 is 1.59. The molecular weight excluding hydrogens is 402 g/mol. The Labute approximate surface area is 186 Å². The van der Waals surface area contributed by atoms with Gasteiger partial charge in [-0.1, -0.05) is 48.5 Å². The minimum Gasteiger partial charge on any atom is -0.392 e. The van der Waals surface area contributed by atoms with Crippen LogP contribution in [-0.4, -0.2) is 37.2 Å². The SMILES string of the molecule is Cc1[nH]c2ccccc2c1C1C(O)C(c2c(-c3ccccc3)[nH]n(C(C)(C)C)c2=O)C1O. The minimum absolute atomic E-state index is 0.200. The van der Waals surface area contributed by atoms with Gasteiger partial charge < -0.3 is 15.2 Å². The first-order valence-electron chi connectivity index (χ1n) is 11.0. The summed E-state index contributed by atoms with van der Waals surface area (Å²) in [5, 5.41) is 26.9. The standard InChI is InChI=1S/C26H29N3O3/c1-14-18(16-12-8-9-13-17(16)27-14)20-23(30)21(24(20)31)19-22(15-10-6-5-7-11-15)28-29(25(19)32)26(2,3)4/h5-13,20-21,23-24,27-28,30-31H,1-4H3. The Balaban J connectivity index is 1.63. The number of aryl methyl sites for hydroxylation is 1. The summed E-state index contributed by atoms with van der Waals surface area (Å²) in [5.41, 5.74) is 4.11. The number of hydrogen-bond acceptors (Lipinski definition) is 3. The van der Waals surface area contributed by atoms with Crippen LogP contribution in [0, 0.1) is 6.92 Å². The van der Waals surface area contributed by atoms with Crippen molar-refractivity contribution in [3.63, 3.8) is 0 Å². The van der Waals surface area contributed by atoms with Gasteiger partial charge in [-0.25, -0.2) is 4.68 Å². The molecule has 0 aliphatic heterocycles. The number of hydrogen-bond donors (Lipinski definition) is 4. The fourth-order valence-corrected chi connectivity index (χ4v) is 5.17. The maximum absolute atomic E-state index is 13.5. The number of para-hydroxylation sites is 1. The van der Waals surface area contributed by atoms with Crippen molar-refractivity contribution in [3.05, 3.63) is 81.8 Å². The van der Waals surface area contributed by atoms with Gasteiger partial charge >= 0.3 is 0 Å². The topological polar surface area (TPSA) is 94.0 Å². The van der Waals surface area contributed by atoms with Crippen LogP contribution in [0.4, 0.5) is 0 Å². The number of aliphatic hydroxyl groups excluding tert-OH is 2. The van der Waals surface area contributed by atoms with Gasteiger partial charge in [0.25, 0.3) is 5.56 Å². The van der Waals surface area contributed by atoms with E-state index in [0.29, 0.717) is 11.3 Å². The molecule has 6 nitrogen and oxygen atoms in total. The molecule has 5 rings (SSSR count). The summed E-state index contributed by atoms with van der Waals surface area (Å²) >= 11 is 0. The molecule has 1 aliphatic rings. The maximum atomic E-state index is 13.5. The molecule has 166 valence electrons. The van der Waals surface area contributed by atoms with E-state index in [0.717, 1.165) is 27.7 Å². The molecule has 0 radical (unpaired) electrons. The van der Waals surface area contributed by atoms with E-state index in [9.17, 15) is 15.0 Å². The lowest BCUT2D eigenvalue weighted by Crippen LogP contribution is -2.53. The molecule has 2 aromatic heterocycles. The Kier molecular flexibility index (Phi) is 4.69. The summed E-state index contributed by atoms with van der Waals surface area (Å²) in [7, 11) is 0. The molecule has 4 N–H and O–H groups in total. The molecule has 2 aromatic carbocycles. The lowest BCUT2D eigenvalue weighted by Gasteiger charge is -2.46. The van der Waals surface area contributed by atoms with Gasteiger partial charge in [-0.05, 0) is 44.9 Å². The van der Waals surface area contributed by atoms with Crippen molar-refractivity contribution in [2.75, 3.05) is 0 Å². The van der Waals surface area contributed by atoms with Crippen LogP contribution in [0.3, 0.4) is 0 Å². The molecule has 0 bridgehead atoms. The third-order valence-corrected chi connectivity index (χ3v) is 6.74. The number of nitrogens with zero attached hydrogens (tertiary/aromatic N) is 1. The van der Waals surface area contributed by atoms with E-state index in [2.05, 4.69) is 10.1 Å². The molecule has 1 aliphatic carbocycles. The van der Waals surface area contributed by atoms with Crippen molar-refractivity contribution in [1.29, 1.82) is 0 Å². The Bertz CT molecular complexity index is 1330. The number of H-pyrrole nitrogens is 2. The van der Waals surface area contributed by atoms with Crippen molar-refractivity contribution < 1.29 is 10.2 Å². The maximum Gasteiger partial charge on any atom is 0.271 e. The van der Waals surface area contributed by atoms with Crippen LogP contribution in [0.1, 0.15) is 49.4 Å². The first-order valence-corrected chi connectivity index (χ1v) is 11.0. The zero-order valence-corrected chi connectivity index (χ0v) is 18.8. The number of rotatable bonds is 3. The zero-order chi connectivity index (χ0) is 22.8. The highest BCUT2D eigenvalue weighted by molar-refractivity contribution is 5.85. The molecule has 2 heterocycles. The van der Waals surface area contributed by atoms with Gasteiger partial charge in [-0.2, -0.15) is 0 Å². The predicted octanol–water partition coefficient (Wildman–Crippen LogP) is 3.99. The Morgan fingerprint density at radius 1 is 0.875 bits per heavy atom. The van der Waals surface area contributed by atoms with Crippen molar-refractivity contribution in [1.82, 2.24) is 14.8 Å². The zero-order valence-electron chi connectivity index (χ0n) is 18.8. The van der Waals surface area contributed by atoms with E-state index < -0.39 is 29.6 Å². The summed E-state index contributed by atoms with van der Waals surface area (Å²) in [6.45, 7) is 7.82. The number of nitrogens with one attached hydrogen (secondary N) is 2. The van der Waals surface area contributed by atoms with Gasteiger partial charge in [-0.3, -0.25) is 9.89 Å². The molecular formula is C26H29N3O3. The lowest BCUT2D eigenvalue weighted by molar-refractivity contribution is -0.0784. The van der Waals surface area contributed by atoms with E-state index in [1.807, 2.05) is 82.3 Å². The average Bonchev–Trinajstić information content (AvgIpc) is 3.26. The second-order valence-electron chi connectivity index (χ2n) is 9.82. The van der Waals surface area contributed by atoms with Crippen LogP contribution in [0.25, 0.3) is 22.2 Å². The van der Waals surface area contributed by atoms with Crippen molar-refractivity contribution in [2.45, 2.75) is 57.3 Å². The molecule has 1 fully saturated rings. The molecule has 0 amide bonds. The number of aromatic amines is 2. The Morgan fingerprint density at radius 3 is 2.12 bits per heavy atom. The normalized spacial score (nSPS) is 23.4. The van der Waals surface area contributed by atoms with E-state index in [4.69, 9.17) is 0 Å². The summed E-state index contributed by atoms with van der Waals surface area (Å²) in [5.74, 6) is -1.13. The predicted molar refractivity (Wildman–Crippen MR) is 126 cm³/mol. The van der Waals surface area contributed by atoms with E-state index in [-0.39, 0.29) is 5.56 Å². The quantitative estimate of drug-likeness (QED) is 0.395. The van der Waals surface area contributed by atoms with Crippen molar-refractivity contribution in [3.8, 4) is 11.3 Å². The number of aromatic nitrogens is 3. The van der Waals surface area contributed by atoms with E-state index in [1.165, 1.54) is 0 Å². The first kappa shape index (κ1) is 20.8. The van der Waals surface area contributed by atoms with Crippen LogP contribution in [0.2, 0.25) is 0 Å². The highest BCUT2D eigenvalue weighted by Crippen LogP contribution is 2.51. The summed E-state index contributed by atoms with van der Waals surface area (Å²) in [6.07, 6.45) is -1.75. The highest BCUT2D eigenvalue weighted by Gasteiger charge is 2.54. The minimum atomic E-state index is -0.873. The van der Waals surface area contributed by atoms with Crippen LogP contribution in [0.15, 0.2) is 59.4 Å². The monoisotopic (exact) mass is 431 g/mol. The van der Waals surface area contributed by atoms with Gasteiger partial charge in [-0.15, -0.1) is 0 Å². The molecule has 4 aromatic rings. The third kappa shape index (κ3) is 2.98. The Morgan fingerprint density at radius 2 is 1.47 bits per heavy atom. The number of fused-ring (bicyclic) bond motifs is 1. The first-order chi connectivity index (χ1) is 15.2. The van der Waals surface area contributed by atoms with Crippen molar-refractivity contribution >= 4 is 10.9 Å². The van der Waals surface area contributed by atoms with Gasteiger partial charge in [0.1, 0.15) is 0 Å². The van der Waals surface area contributed by atoms with Crippen LogP contribution < -0.4 is 5.56 Å². The molecule has 2 atom stereocenters. The van der Waals surface area contributed by atoms with E-state index >= 15 is 0 Å². The summed E-state index contributed by atoms with van der Waals surface area (Å²) in [6, 6.07) is 17.5. The summed E-state index contributed by atoms with van der Waals surface area (Å²) in [4.78, 5) is 16.9. The second-order valence-corrected chi connectivity index (χ2v) is 9.82. The molecule has 0 spiro atoms. The van der Waals surface area contributed by atoms with Crippen LogP contribution in [0.5, 0.6) is 0 Å². The highest BCUT2D eigenvalue weighted by atomic mass is 16.3. The molecule has 6 heteroatoms. The van der Waals surface area contributed by atoms with Gasteiger partial charge in [0.15, 0.2) is 0 Å². The Hall–Kier alpha value is -3.09. The van der Waals surface area contributed by atoms with E-state index in [1.54, 1.807) is 4.68 Å².